The highest BCUT2D eigenvalue weighted by Gasteiger charge is 2.19. The Hall–Kier alpha value is -3.05. The first-order valence-corrected chi connectivity index (χ1v) is 8.56. The van der Waals surface area contributed by atoms with E-state index in [0.29, 0.717) is 33.9 Å². The molecule has 0 amide bonds. The van der Waals surface area contributed by atoms with Gasteiger partial charge in [-0.25, -0.2) is 14.8 Å². The average Bonchev–Trinajstić information content (AvgIpc) is 3.01. The van der Waals surface area contributed by atoms with Gasteiger partial charge in [-0.2, -0.15) is 0 Å². The molecule has 134 valence electrons. The van der Waals surface area contributed by atoms with Crippen molar-refractivity contribution in [1.82, 2.24) is 9.97 Å². The van der Waals surface area contributed by atoms with Crippen molar-refractivity contribution in [3.8, 4) is 28.6 Å². The van der Waals surface area contributed by atoms with E-state index in [1.165, 1.54) is 11.3 Å². The number of hydrogen-bond acceptors (Lipinski definition) is 7. The van der Waals surface area contributed by atoms with E-state index in [4.69, 9.17) is 20.8 Å². The van der Waals surface area contributed by atoms with Crippen LogP contribution in [-0.2, 0) is 0 Å². The molecule has 0 atom stereocenters. The van der Waals surface area contributed by atoms with Crippen LogP contribution in [0, 0.1) is 13.5 Å². The molecule has 0 saturated carbocycles. The molecule has 2 heterocycles. The van der Waals surface area contributed by atoms with Crippen molar-refractivity contribution in [2.75, 3.05) is 33.7 Å². The molecule has 0 aliphatic carbocycles. The molecule has 3 aromatic rings. The SMILES string of the molecule is [C-]#[N+]c1sc2nc(-c3cc(OC)c(OC)c(OC)c3)nc(NC)c2c1C. The Labute approximate surface area is 155 Å². The molecule has 0 bridgehead atoms. The standard InChI is InChI=1S/C18H18N4O3S/c1-9-13-16(19-2)21-15(22-18(13)26-17(9)20-3)10-7-11(23-4)14(25-6)12(8-10)24-5/h7-8H,1-2,4-6H3,(H,19,21,22). The zero-order valence-corrected chi connectivity index (χ0v) is 15.9. The highest BCUT2D eigenvalue weighted by Crippen LogP contribution is 2.43. The van der Waals surface area contributed by atoms with Crippen molar-refractivity contribution < 1.29 is 14.2 Å². The van der Waals surface area contributed by atoms with Crippen LogP contribution in [-0.4, -0.2) is 38.3 Å². The van der Waals surface area contributed by atoms with Crippen molar-refractivity contribution in [2.45, 2.75) is 6.92 Å². The maximum atomic E-state index is 7.33. The van der Waals surface area contributed by atoms with Crippen LogP contribution in [0.15, 0.2) is 12.1 Å². The number of fused-ring (bicyclic) bond motifs is 1. The quantitative estimate of drug-likeness (QED) is 0.676. The average molecular weight is 370 g/mol. The van der Waals surface area contributed by atoms with E-state index in [1.807, 2.05) is 6.92 Å². The van der Waals surface area contributed by atoms with Crippen LogP contribution in [0.3, 0.4) is 0 Å². The molecule has 0 aliphatic heterocycles. The fraction of sp³-hybridized carbons (Fsp3) is 0.278. The normalized spacial score (nSPS) is 10.5. The van der Waals surface area contributed by atoms with E-state index in [0.717, 1.165) is 21.3 Å². The van der Waals surface area contributed by atoms with Gasteiger partial charge in [0.1, 0.15) is 10.6 Å². The maximum Gasteiger partial charge on any atom is 0.246 e. The largest absolute Gasteiger partial charge is 0.493 e. The third-order valence-electron chi connectivity index (χ3n) is 4.03. The lowest BCUT2D eigenvalue weighted by Crippen LogP contribution is -2.00. The Balaban J connectivity index is 2.27. The summed E-state index contributed by atoms with van der Waals surface area (Å²) in [4.78, 5) is 13.6. The highest BCUT2D eigenvalue weighted by atomic mass is 32.1. The van der Waals surface area contributed by atoms with E-state index >= 15 is 0 Å². The van der Waals surface area contributed by atoms with Crippen LogP contribution in [0.5, 0.6) is 17.2 Å². The fourth-order valence-corrected chi connectivity index (χ4v) is 3.72. The predicted octanol–water partition coefficient (Wildman–Crippen LogP) is 4.29. The van der Waals surface area contributed by atoms with Gasteiger partial charge in [-0.15, -0.1) is 11.3 Å². The number of ether oxygens (including phenoxy) is 3. The van der Waals surface area contributed by atoms with Crippen LogP contribution < -0.4 is 19.5 Å². The Kier molecular flexibility index (Phi) is 4.82. The Morgan fingerprint density at radius 1 is 1.08 bits per heavy atom. The highest BCUT2D eigenvalue weighted by molar-refractivity contribution is 7.22. The van der Waals surface area contributed by atoms with Crippen LogP contribution >= 0.6 is 11.3 Å². The van der Waals surface area contributed by atoms with Crippen molar-refractivity contribution in [3.63, 3.8) is 0 Å². The number of rotatable bonds is 5. The van der Waals surface area contributed by atoms with Gasteiger partial charge in [0.15, 0.2) is 17.3 Å². The minimum absolute atomic E-state index is 0.510. The third-order valence-corrected chi connectivity index (χ3v) is 5.11. The van der Waals surface area contributed by atoms with Gasteiger partial charge < -0.3 is 19.5 Å². The third kappa shape index (κ3) is 2.76. The molecule has 3 rings (SSSR count). The minimum Gasteiger partial charge on any atom is -0.493 e. The van der Waals surface area contributed by atoms with Crippen molar-refractivity contribution in [3.05, 3.63) is 29.1 Å². The molecule has 0 spiro atoms. The van der Waals surface area contributed by atoms with Crippen molar-refractivity contribution in [1.29, 1.82) is 0 Å². The molecule has 0 aliphatic rings. The molecule has 26 heavy (non-hydrogen) atoms. The summed E-state index contributed by atoms with van der Waals surface area (Å²) in [6.07, 6.45) is 0. The number of anilines is 1. The molecular weight excluding hydrogens is 352 g/mol. The van der Waals surface area contributed by atoms with E-state index in [-0.39, 0.29) is 0 Å². The first-order chi connectivity index (χ1) is 12.6. The molecule has 0 fully saturated rings. The Bertz CT molecular complexity index is 998. The lowest BCUT2D eigenvalue weighted by Gasteiger charge is -2.14. The Morgan fingerprint density at radius 2 is 1.73 bits per heavy atom. The number of aryl methyl sites for hydroxylation is 1. The number of methoxy groups -OCH3 is 3. The summed E-state index contributed by atoms with van der Waals surface area (Å²) in [5.41, 5.74) is 1.62. The van der Waals surface area contributed by atoms with Gasteiger partial charge in [0.2, 0.25) is 10.8 Å². The number of benzene rings is 1. The second-order valence-corrected chi connectivity index (χ2v) is 6.36. The number of nitrogens with one attached hydrogen (secondary N) is 1. The zero-order valence-electron chi connectivity index (χ0n) is 15.1. The van der Waals surface area contributed by atoms with E-state index in [1.54, 1.807) is 40.5 Å². The second kappa shape index (κ2) is 7.06. The molecule has 0 unspecified atom stereocenters. The number of thiophene rings is 1. The summed E-state index contributed by atoms with van der Waals surface area (Å²) in [5, 5.41) is 4.60. The van der Waals surface area contributed by atoms with E-state index in [9.17, 15) is 0 Å². The van der Waals surface area contributed by atoms with Crippen LogP contribution in [0.25, 0.3) is 26.4 Å². The van der Waals surface area contributed by atoms with Gasteiger partial charge in [0.05, 0.1) is 27.9 Å². The smallest absolute Gasteiger partial charge is 0.246 e. The summed E-state index contributed by atoms with van der Waals surface area (Å²) in [6, 6.07) is 3.61. The molecule has 1 N–H and O–H groups in total. The second-order valence-electron chi connectivity index (χ2n) is 5.38. The first-order valence-electron chi connectivity index (χ1n) is 7.74. The van der Waals surface area contributed by atoms with Gasteiger partial charge in [-0.3, -0.25) is 0 Å². The van der Waals surface area contributed by atoms with Gasteiger partial charge in [-0.1, -0.05) is 0 Å². The lowest BCUT2D eigenvalue weighted by molar-refractivity contribution is 0.324. The zero-order chi connectivity index (χ0) is 18.8. The predicted molar refractivity (Wildman–Crippen MR) is 103 cm³/mol. The number of nitrogens with zero attached hydrogens (tertiary/aromatic N) is 3. The topological polar surface area (TPSA) is 69.9 Å². The summed E-state index contributed by atoms with van der Waals surface area (Å²) in [7, 11) is 6.49. The monoisotopic (exact) mass is 370 g/mol. The van der Waals surface area contributed by atoms with Gasteiger partial charge >= 0.3 is 0 Å². The molecule has 2 aromatic heterocycles. The number of hydrogen-bond donors (Lipinski definition) is 1. The van der Waals surface area contributed by atoms with E-state index < -0.39 is 0 Å². The van der Waals surface area contributed by atoms with E-state index in [2.05, 4.69) is 20.1 Å². The van der Waals surface area contributed by atoms with Gasteiger partial charge in [0, 0.05) is 18.0 Å². The van der Waals surface area contributed by atoms with Crippen LogP contribution in [0.1, 0.15) is 5.56 Å². The molecular formula is C18H18N4O3S. The summed E-state index contributed by atoms with van der Waals surface area (Å²) in [6.45, 7) is 9.25. The summed E-state index contributed by atoms with van der Waals surface area (Å²) >= 11 is 1.36. The van der Waals surface area contributed by atoms with Crippen molar-refractivity contribution in [2.24, 2.45) is 0 Å². The first kappa shape index (κ1) is 17.8. The van der Waals surface area contributed by atoms with Gasteiger partial charge in [0.25, 0.3) is 0 Å². The summed E-state index contributed by atoms with van der Waals surface area (Å²) < 4.78 is 16.2. The molecule has 0 radical (unpaired) electrons. The number of aromatic nitrogens is 2. The lowest BCUT2D eigenvalue weighted by atomic mass is 10.1. The molecule has 0 saturated heterocycles. The van der Waals surface area contributed by atoms with Crippen LogP contribution in [0.2, 0.25) is 0 Å². The minimum atomic E-state index is 0.510. The molecule has 7 nitrogen and oxygen atoms in total. The molecule has 1 aromatic carbocycles. The van der Waals surface area contributed by atoms with Crippen molar-refractivity contribution >= 4 is 32.4 Å². The summed E-state index contributed by atoms with van der Waals surface area (Å²) in [5.74, 6) is 2.76. The van der Waals surface area contributed by atoms with Gasteiger partial charge in [-0.05, 0) is 24.6 Å². The maximum absolute atomic E-state index is 7.33. The molecule has 8 heteroatoms. The Morgan fingerprint density at radius 3 is 2.23 bits per heavy atom. The van der Waals surface area contributed by atoms with Crippen LogP contribution in [0.4, 0.5) is 10.8 Å². The fourth-order valence-electron chi connectivity index (χ4n) is 2.75.